The first-order chi connectivity index (χ1) is 18.2. The summed E-state index contributed by atoms with van der Waals surface area (Å²) in [6, 6.07) is 8.08. The molecule has 4 atom stereocenters. The zero-order chi connectivity index (χ0) is 27.0. The summed E-state index contributed by atoms with van der Waals surface area (Å²) in [4.78, 5) is 24.8. The van der Waals surface area contributed by atoms with E-state index in [2.05, 4.69) is 20.3 Å². The number of aromatic hydroxyl groups is 2. The third-order valence-corrected chi connectivity index (χ3v) is 6.15. The van der Waals surface area contributed by atoms with Gasteiger partial charge in [0, 0.05) is 6.54 Å². The number of benzene rings is 2. The predicted molar refractivity (Wildman–Crippen MR) is 132 cm³/mol. The number of carbonyl (C=O) groups is 1. The van der Waals surface area contributed by atoms with Crippen molar-refractivity contribution in [2.75, 3.05) is 12.3 Å². The second-order valence-electron chi connectivity index (χ2n) is 8.59. The highest BCUT2D eigenvalue weighted by atomic mass is 19.1. The molecule has 1 saturated heterocycles. The van der Waals surface area contributed by atoms with Crippen LogP contribution >= 0.6 is 0 Å². The second-order valence-corrected chi connectivity index (χ2v) is 8.59. The van der Waals surface area contributed by atoms with E-state index in [1.54, 1.807) is 0 Å². The van der Waals surface area contributed by atoms with Crippen molar-refractivity contribution < 1.29 is 34.3 Å². The molecule has 2 aromatic heterocycles. The van der Waals surface area contributed by atoms with Crippen LogP contribution in [0.1, 0.15) is 16.6 Å². The van der Waals surface area contributed by atoms with Crippen LogP contribution in [0.25, 0.3) is 22.3 Å². The number of amides is 1. The van der Waals surface area contributed by atoms with E-state index in [9.17, 15) is 29.6 Å². The minimum Gasteiger partial charge on any atom is -0.504 e. The molecule has 1 fully saturated rings. The molecule has 0 bridgehead atoms. The van der Waals surface area contributed by atoms with E-state index in [0.29, 0.717) is 22.3 Å². The molecule has 4 aromatic rings. The highest BCUT2D eigenvalue weighted by Crippen LogP contribution is 2.35. The van der Waals surface area contributed by atoms with Crippen molar-refractivity contribution in [2.45, 2.75) is 24.5 Å². The topological polar surface area (TPSA) is 189 Å². The maximum Gasteiger partial charge on any atom is 0.255 e. The Bertz CT molecular complexity index is 1530. The van der Waals surface area contributed by atoms with Crippen molar-refractivity contribution in [3.05, 3.63) is 72.6 Å². The number of phenols is 2. The van der Waals surface area contributed by atoms with Gasteiger partial charge in [0.25, 0.3) is 5.91 Å². The number of imidazole rings is 1. The van der Waals surface area contributed by atoms with Crippen LogP contribution < -0.4 is 11.1 Å². The molecule has 196 valence electrons. The van der Waals surface area contributed by atoms with Gasteiger partial charge in [-0.05, 0) is 35.4 Å². The summed E-state index contributed by atoms with van der Waals surface area (Å²) >= 11 is 0. The van der Waals surface area contributed by atoms with Crippen LogP contribution in [0, 0.1) is 5.82 Å². The largest absolute Gasteiger partial charge is 0.504 e. The van der Waals surface area contributed by atoms with Crippen molar-refractivity contribution in [3.63, 3.8) is 0 Å². The van der Waals surface area contributed by atoms with Crippen LogP contribution in [-0.4, -0.2) is 70.7 Å². The fraction of sp³-hybridized carbons (Fsp3) is 0.200. The molecule has 7 N–H and O–H groups in total. The molecule has 2 aromatic carbocycles. The molecule has 1 aliphatic heterocycles. The van der Waals surface area contributed by atoms with Crippen LogP contribution in [0.15, 0.2) is 61.2 Å². The average Bonchev–Trinajstić information content (AvgIpc) is 3.45. The van der Waals surface area contributed by atoms with Gasteiger partial charge in [-0.15, -0.1) is 0 Å². The van der Waals surface area contributed by atoms with Gasteiger partial charge in [0.15, 0.2) is 29.2 Å². The van der Waals surface area contributed by atoms with Gasteiger partial charge in [0.2, 0.25) is 0 Å². The summed E-state index contributed by atoms with van der Waals surface area (Å²) in [6.45, 7) is -0.0229. The van der Waals surface area contributed by atoms with Gasteiger partial charge in [0.05, 0.1) is 11.9 Å². The molecule has 1 amide bonds. The molecule has 0 saturated carbocycles. The number of halogens is 1. The van der Waals surface area contributed by atoms with Gasteiger partial charge in [-0.25, -0.2) is 19.3 Å². The smallest absolute Gasteiger partial charge is 0.255 e. The number of nitrogens with two attached hydrogens (primary N) is 1. The summed E-state index contributed by atoms with van der Waals surface area (Å²) in [5.74, 6) is -2.06. The summed E-state index contributed by atoms with van der Waals surface area (Å²) in [5.41, 5.74) is 7.22. The van der Waals surface area contributed by atoms with E-state index >= 15 is 0 Å². The van der Waals surface area contributed by atoms with Crippen molar-refractivity contribution in [1.29, 1.82) is 0 Å². The Labute approximate surface area is 214 Å². The lowest BCUT2D eigenvalue weighted by molar-refractivity contribution is -0.0245. The highest BCUT2D eigenvalue weighted by Gasteiger charge is 2.43. The number of phenolic OH excluding ortho intramolecular Hbond substituents is 2. The normalized spacial score (nSPS) is 21.3. The van der Waals surface area contributed by atoms with Crippen molar-refractivity contribution in [3.8, 4) is 22.6 Å². The quantitative estimate of drug-likeness (QED) is 0.159. The fourth-order valence-electron chi connectivity index (χ4n) is 4.18. The number of ether oxygens (including phenoxy) is 1. The molecule has 13 heteroatoms. The molecule has 3 heterocycles. The SMILES string of the molecule is Nc1ncnc2c1ncn2[C@@H]1O[C@H](/C=C/CNC(=O)c2cc(-c3ccc(F)cc3)cc(O)c2O)[C@@H](O)[C@H]1O. The van der Waals surface area contributed by atoms with E-state index in [1.807, 2.05) is 0 Å². The Morgan fingerprint density at radius 1 is 1.11 bits per heavy atom. The van der Waals surface area contributed by atoms with Crippen LogP contribution in [0.2, 0.25) is 0 Å². The number of carbonyl (C=O) groups excluding carboxylic acids is 1. The molecule has 5 rings (SSSR count). The minimum atomic E-state index is -1.30. The van der Waals surface area contributed by atoms with E-state index in [4.69, 9.17) is 10.5 Å². The Balaban J connectivity index is 1.25. The second kappa shape index (κ2) is 10.0. The number of rotatable bonds is 6. The summed E-state index contributed by atoms with van der Waals surface area (Å²) in [5, 5.41) is 43.9. The third kappa shape index (κ3) is 4.61. The number of fused-ring (bicyclic) bond motifs is 1. The zero-order valence-corrected chi connectivity index (χ0v) is 19.6. The lowest BCUT2D eigenvalue weighted by atomic mass is 10.0. The summed E-state index contributed by atoms with van der Waals surface area (Å²) in [7, 11) is 0. The highest BCUT2D eigenvalue weighted by molar-refractivity contribution is 5.99. The average molecular weight is 522 g/mol. The molecule has 1 aliphatic rings. The number of nitrogens with zero attached hydrogens (tertiary/aromatic N) is 4. The number of hydrogen-bond donors (Lipinski definition) is 6. The third-order valence-electron chi connectivity index (χ3n) is 6.15. The molecule has 12 nitrogen and oxygen atoms in total. The number of nitrogens with one attached hydrogen (secondary N) is 1. The molecule has 0 aliphatic carbocycles. The van der Waals surface area contributed by atoms with Crippen LogP contribution in [-0.2, 0) is 4.74 Å². The first-order valence-electron chi connectivity index (χ1n) is 11.5. The number of anilines is 1. The summed E-state index contributed by atoms with van der Waals surface area (Å²) < 4.78 is 20.5. The van der Waals surface area contributed by atoms with E-state index in [-0.39, 0.29) is 17.9 Å². The molecule has 0 radical (unpaired) electrons. The zero-order valence-electron chi connectivity index (χ0n) is 19.6. The van der Waals surface area contributed by atoms with Crippen LogP contribution in [0.5, 0.6) is 11.5 Å². The first-order valence-corrected chi connectivity index (χ1v) is 11.5. The van der Waals surface area contributed by atoms with Crippen molar-refractivity contribution in [2.24, 2.45) is 0 Å². The van der Waals surface area contributed by atoms with Gasteiger partial charge in [-0.1, -0.05) is 24.3 Å². The Hall–Kier alpha value is -4.59. The molecule has 0 unspecified atom stereocenters. The molecule has 38 heavy (non-hydrogen) atoms. The van der Waals surface area contributed by atoms with Gasteiger partial charge in [-0.3, -0.25) is 9.36 Å². The summed E-state index contributed by atoms with van der Waals surface area (Å²) in [6.07, 6.45) is 1.12. The number of hydrogen-bond acceptors (Lipinski definition) is 10. The lowest BCUT2D eigenvalue weighted by Crippen LogP contribution is -2.31. The standard InChI is InChI=1S/C25H23FN6O6/c26-14-5-3-12(4-6-14)13-8-15(19(34)16(33)9-13)24(37)28-7-1-2-17-20(35)21(36)25(38-17)32-11-31-18-22(27)29-10-30-23(18)32/h1-6,8-11,17,20-21,25,33-36H,7H2,(H,28,37)(H2,27,29,30)/b2-1+/t17-,20-,21-,25-/m1/s1. The monoisotopic (exact) mass is 522 g/mol. The van der Waals surface area contributed by atoms with Crippen LogP contribution in [0.4, 0.5) is 10.2 Å². The number of aromatic nitrogens is 4. The Kier molecular flexibility index (Phi) is 6.63. The maximum atomic E-state index is 13.2. The molecule has 0 spiro atoms. The maximum absolute atomic E-state index is 13.2. The van der Waals surface area contributed by atoms with Crippen molar-refractivity contribution in [1.82, 2.24) is 24.8 Å². The van der Waals surface area contributed by atoms with Gasteiger partial charge in [-0.2, -0.15) is 0 Å². The van der Waals surface area contributed by atoms with Crippen LogP contribution in [0.3, 0.4) is 0 Å². The van der Waals surface area contributed by atoms with E-state index in [0.717, 1.165) is 0 Å². The van der Waals surface area contributed by atoms with E-state index < -0.39 is 47.8 Å². The Morgan fingerprint density at radius 3 is 2.63 bits per heavy atom. The number of aliphatic hydroxyl groups is 2. The van der Waals surface area contributed by atoms with Crippen molar-refractivity contribution >= 4 is 22.9 Å². The number of nitrogen functional groups attached to an aromatic ring is 1. The van der Waals surface area contributed by atoms with Gasteiger partial charge >= 0.3 is 0 Å². The van der Waals surface area contributed by atoms with Gasteiger partial charge in [0.1, 0.15) is 36.0 Å². The lowest BCUT2D eigenvalue weighted by Gasteiger charge is -2.16. The fourth-order valence-corrected chi connectivity index (χ4v) is 4.18. The number of aliphatic hydroxyl groups excluding tert-OH is 2. The van der Waals surface area contributed by atoms with E-state index in [1.165, 1.54) is 65.8 Å². The van der Waals surface area contributed by atoms with Gasteiger partial charge < -0.3 is 36.2 Å². The molecular weight excluding hydrogens is 499 g/mol. The minimum absolute atomic E-state index is 0.0229. The Morgan fingerprint density at radius 2 is 1.87 bits per heavy atom. The molecular formula is C25H23FN6O6. The first kappa shape index (κ1) is 25.1. The predicted octanol–water partition coefficient (Wildman–Crippen LogP) is 1.23.